The van der Waals surface area contributed by atoms with Gasteiger partial charge in [0.25, 0.3) is 0 Å². The van der Waals surface area contributed by atoms with Gasteiger partial charge in [0, 0.05) is 19.6 Å². The summed E-state index contributed by atoms with van der Waals surface area (Å²) >= 11 is 0. The minimum absolute atomic E-state index is 0.0743. The van der Waals surface area contributed by atoms with Crippen LogP contribution in [0.2, 0.25) is 0 Å². The Kier molecular flexibility index (Phi) is 5.72. The summed E-state index contributed by atoms with van der Waals surface area (Å²) in [6.45, 7) is 2.58. The molecule has 0 amide bonds. The first kappa shape index (κ1) is 18.4. The molecule has 1 N–H and O–H groups in total. The van der Waals surface area contributed by atoms with E-state index in [9.17, 15) is 9.50 Å². The van der Waals surface area contributed by atoms with Crippen molar-refractivity contribution in [2.24, 2.45) is 0 Å². The van der Waals surface area contributed by atoms with Crippen LogP contribution >= 0.6 is 0 Å². The highest BCUT2D eigenvalue weighted by Gasteiger charge is 2.27. The lowest BCUT2D eigenvalue weighted by atomic mass is 10.1. The van der Waals surface area contributed by atoms with Crippen LogP contribution < -0.4 is 4.74 Å². The highest BCUT2D eigenvalue weighted by Crippen LogP contribution is 2.33. The number of ether oxygens (including phenoxy) is 2. The van der Waals surface area contributed by atoms with E-state index >= 15 is 0 Å². The van der Waals surface area contributed by atoms with E-state index in [-0.39, 0.29) is 18.0 Å². The minimum atomic E-state index is -0.512. The summed E-state index contributed by atoms with van der Waals surface area (Å²) in [6.07, 6.45) is 2.60. The Hall–Kier alpha value is -1.95. The third-order valence-electron chi connectivity index (χ3n) is 5.38. The number of benzene rings is 2. The van der Waals surface area contributed by atoms with Gasteiger partial charge in [0.1, 0.15) is 17.7 Å². The maximum Gasteiger partial charge on any atom is 0.123 e. The Balaban J connectivity index is 1.20. The molecule has 27 heavy (non-hydrogen) atoms. The number of hydrogen-bond acceptors (Lipinski definition) is 4. The van der Waals surface area contributed by atoms with E-state index < -0.39 is 6.10 Å². The van der Waals surface area contributed by atoms with Crippen LogP contribution in [0.5, 0.6) is 5.75 Å². The lowest BCUT2D eigenvalue weighted by molar-refractivity contribution is -0.0200. The topological polar surface area (TPSA) is 41.9 Å². The van der Waals surface area contributed by atoms with E-state index in [1.807, 2.05) is 6.07 Å². The predicted molar refractivity (Wildman–Crippen MR) is 101 cm³/mol. The van der Waals surface area contributed by atoms with Gasteiger partial charge in [0.05, 0.1) is 18.8 Å². The summed E-state index contributed by atoms with van der Waals surface area (Å²) in [5.41, 5.74) is 2.62. The standard InChI is InChI=1S/C22H26FNO3/c23-17-6-8-19(9-7-17)27-20-11-12-24(14-20)13-18(25)15-26-22-10-5-16-3-1-2-4-21(16)22/h1-4,6-9,18,20,22,25H,5,10-15H2/t18?,20-,22+/m1/s1. The normalized spacial score (nSPS) is 23.3. The second-order valence-electron chi connectivity index (χ2n) is 7.46. The van der Waals surface area contributed by atoms with E-state index in [1.54, 1.807) is 12.1 Å². The summed E-state index contributed by atoms with van der Waals surface area (Å²) in [7, 11) is 0. The highest BCUT2D eigenvalue weighted by molar-refractivity contribution is 5.33. The molecule has 1 aliphatic heterocycles. The molecule has 2 aromatic rings. The molecule has 4 rings (SSSR count). The molecule has 0 bridgehead atoms. The average molecular weight is 371 g/mol. The highest BCUT2D eigenvalue weighted by atomic mass is 19.1. The van der Waals surface area contributed by atoms with Crippen LogP contribution in [0.4, 0.5) is 4.39 Å². The monoisotopic (exact) mass is 371 g/mol. The summed E-state index contributed by atoms with van der Waals surface area (Å²) in [5.74, 6) is 0.426. The Bertz CT molecular complexity index is 751. The van der Waals surface area contributed by atoms with Crippen LogP contribution in [-0.2, 0) is 11.2 Å². The van der Waals surface area contributed by atoms with E-state index in [0.717, 1.165) is 32.4 Å². The van der Waals surface area contributed by atoms with Crippen molar-refractivity contribution in [2.75, 3.05) is 26.2 Å². The molecule has 0 radical (unpaired) electrons. The lowest BCUT2D eigenvalue weighted by Gasteiger charge is -2.22. The van der Waals surface area contributed by atoms with Crippen LogP contribution in [0, 0.1) is 5.82 Å². The number of fused-ring (bicyclic) bond motifs is 1. The van der Waals surface area contributed by atoms with Crippen molar-refractivity contribution in [1.29, 1.82) is 0 Å². The van der Waals surface area contributed by atoms with Gasteiger partial charge in [-0.3, -0.25) is 4.90 Å². The number of β-amino-alcohol motifs (C(OH)–C–C–N with tert-alkyl or cyclic N) is 1. The summed E-state index contributed by atoms with van der Waals surface area (Å²) in [4.78, 5) is 2.20. The fourth-order valence-corrected chi connectivity index (χ4v) is 4.03. The largest absolute Gasteiger partial charge is 0.489 e. The molecule has 1 fully saturated rings. The zero-order chi connectivity index (χ0) is 18.6. The number of nitrogens with zero attached hydrogens (tertiary/aromatic N) is 1. The van der Waals surface area contributed by atoms with Crippen LogP contribution in [0.15, 0.2) is 48.5 Å². The zero-order valence-electron chi connectivity index (χ0n) is 15.4. The number of aryl methyl sites for hydroxylation is 1. The van der Waals surface area contributed by atoms with Crippen molar-refractivity contribution in [2.45, 2.75) is 37.6 Å². The molecule has 5 heteroatoms. The fraction of sp³-hybridized carbons (Fsp3) is 0.455. The van der Waals surface area contributed by atoms with E-state index in [4.69, 9.17) is 9.47 Å². The second-order valence-corrected chi connectivity index (χ2v) is 7.46. The first-order chi connectivity index (χ1) is 13.2. The third kappa shape index (κ3) is 4.67. The van der Waals surface area contributed by atoms with Crippen molar-refractivity contribution in [1.82, 2.24) is 4.90 Å². The number of hydrogen-bond donors (Lipinski definition) is 1. The maximum absolute atomic E-state index is 13.0. The van der Waals surface area contributed by atoms with Crippen molar-refractivity contribution in [3.05, 3.63) is 65.5 Å². The number of rotatable bonds is 7. The van der Waals surface area contributed by atoms with Crippen LogP contribution in [-0.4, -0.2) is 48.5 Å². The molecular weight excluding hydrogens is 345 g/mol. The number of aliphatic hydroxyl groups is 1. The van der Waals surface area contributed by atoms with Gasteiger partial charge < -0.3 is 14.6 Å². The zero-order valence-corrected chi connectivity index (χ0v) is 15.4. The van der Waals surface area contributed by atoms with Crippen LogP contribution in [0.3, 0.4) is 0 Å². The third-order valence-corrected chi connectivity index (χ3v) is 5.38. The molecule has 0 spiro atoms. The fourth-order valence-electron chi connectivity index (χ4n) is 4.03. The number of likely N-dealkylation sites (tertiary alicyclic amines) is 1. The van der Waals surface area contributed by atoms with Gasteiger partial charge >= 0.3 is 0 Å². The number of aliphatic hydroxyl groups excluding tert-OH is 1. The SMILES string of the molecule is OC(CO[C@H]1CCc2ccccc21)CN1CC[C@@H](Oc2ccc(F)cc2)C1. The van der Waals surface area contributed by atoms with Gasteiger partial charge in [0.15, 0.2) is 0 Å². The molecule has 2 aromatic carbocycles. The molecule has 1 aliphatic carbocycles. The van der Waals surface area contributed by atoms with Gasteiger partial charge in [-0.2, -0.15) is 0 Å². The Morgan fingerprint density at radius 1 is 1.11 bits per heavy atom. The van der Waals surface area contributed by atoms with Crippen LogP contribution in [0.25, 0.3) is 0 Å². The molecule has 0 saturated carbocycles. The molecule has 2 aliphatic rings. The predicted octanol–water partition coefficient (Wildman–Crippen LogP) is 3.34. The van der Waals surface area contributed by atoms with Gasteiger partial charge in [-0.25, -0.2) is 4.39 Å². The van der Waals surface area contributed by atoms with Crippen molar-refractivity contribution < 1.29 is 19.0 Å². The average Bonchev–Trinajstić information content (AvgIpc) is 3.29. The Morgan fingerprint density at radius 2 is 1.93 bits per heavy atom. The van der Waals surface area contributed by atoms with Crippen molar-refractivity contribution >= 4 is 0 Å². The van der Waals surface area contributed by atoms with E-state index in [0.29, 0.717) is 18.9 Å². The summed E-state index contributed by atoms with van der Waals surface area (Å²) in [5, 5.41) is 10.4. The van der Waals surface area contributed by atoms with Crippen molar-refractivity contribution in [3.63, 3.8) is 0 Å². The summed E-state index contributed by atoms with van der Waals surface area (Å²) < 4.78 is 24.9. The molecule has 1 saturated heterocycles. The first-order valence-corrected chi connectivity index (χ1v) is 9.69. The van der Waals surface area contributed by atoms with Gasteiger partial charge in [-0.1, -0.05) is 24.3 Å². The van der Waals surface area contributed by atoms with Gasteiger partial charge in [-0.05, 0) is 54.7 Å². The van der Waals surface area contributed by atoms with Crippen molar-refractivity contribution in [3.8, 4) is 5.75 Å². The Labute approximate surface area is 159 Å². The Morgan fingerprint density at radius 3 is 2.78 bits per heavy atom. The van der Waals surface area contributed by atoms with Crippen LogP contribution in [0.1, 0.15) is 30.1 Å². The summed E-state index contributed by atoms with van der Waals surface area (Å²) in [6, 6.07) is 14.5. The quantitative estimate of drug-likeness (QED) is 0.811. The van der Waals surface area contributed by atoms with E-state index in [2.05, 4.69) is 23.1 Å². The molecule has 0 aromatic heterocycles. The lowest BCUT2D eigenvalue weighted by Crippen LogP contribution is -2.35. The maximum atomic E-state index is 13.0. The molecule has 4 nitrogen and oxygen atoms in total. The van der Waals surface area contributed by atoms with E-state index in [1.165, 1.54) is 23.3 Å². The molecule has 144 valence electrons. The smallest absolute Gasteiger partial charge is 0.123 e. The minimum Gasteiger partial charge on any atom is -0.489 e. The first-order valence-electron chi connectivity index (χ1n) is 9.69. The molecular formula is C22H26FNO3. The van der Waals surface area contributed by atoms with Gasteiger partial charge in [0.2, 0.25) is 0 Å². The molecule has 1 unspecified atom stereocenters. The molecule has 3 atom stereocenters. The second kappa shape index (κ2) is 8.38. The number of halogens is 1. The van der Waals surface area contributed by atoms with Gasteiger partial charge in [-0.15, -0.1) is 0 Å². The molecule has 1 heterocycles.